The van der Waals surface area contributed by atoms with Gasteiger partial charge in [-0.2, -0.15) is 0 Å². The van der Waals surface area contributed by atoms with Crippen LogP contribution in [0.25, 0.3) is 120 Å². The van der Waals surface area contributed by atoms with Gasteiger partial charge in [0.1, 0.15) is 22.3 Å². The van der Waals surface area contributed by atoms with Crippen molar-refractivity contribution in [3.05, 3.63) is 260 Å². The molecule has 0 aliphatic rings. The van der Waals surface area contributed by atoms with Crippen LogP contribution in [0.5, 0.6) is 0 Å². The molecule has 0 fully saturated rings. The standard InChI is InChI=1S/C70H42N2O2Si/c1-2-18-46(19-3-1)75(47-35-38-68-60(43-47)56-25-11-16-32-66(56)73-68,48-36-39-69-61(44-48)57-26-12-17-33-67(57)74-69)41-40-51-49-20-4-6-27-58(49)70(59-28-7-5-21-50(51)59)72-64-31-15-10-24-54(64)55-37-34-45(42-65(55)72)71-62-29-13-8-22-52(62)53-23-9-14-30-63(53)71/h1-39,42-44H. The van der Waals surface area contributed by atoms with E-state index >= 15 is 0 Å². The van der Waals surface area contributed by atoms with Crippen molar-refractivity contribution in [3.63, 3.8) is 0 Å². The Hall–Kier alpha value is -9.86. The molecule has 0 unspecified atom stereocenters. The Bertz CT molecular complexity index is 4870. The van der Waals surface area contributed by atoms with Gasteiger partial charge in [-0.3, -0.25) is 0 Å². The van der Waals surface area contributed by atoms with E-state index in [0.717, 1.165) is 93.4 Å². The number of furan rings is 2. The molecule has 16 rings (SSSR count). The maximum atomic E-state index is 6.47. The van der Waals surface area contributed by atoms with Gasteiger partial charge in [-0.05, 0) is 82.3 Å². The third-order valence-electron chi connectivity index (χ3n) is 15.8. The second-order valence-electron chi connectivity index (χ2n) is 19.7. The molecule has 4 heterocycles. The largest absolute Gasteiger partial charge is 0.456 e. The Kier molecular flexibility index (Phi) is 8.94. The average molecular weight is 971 g/mol. The van der Waals surface area contributed by atoms with Crippen LogP contribution in [0.4, 0.5) is 0 Å². The summed E-state index contributed by atoms with van der Waals surface area (Å²) in [5, 5.41) is 17.3. The molecule has 0 spiro atoms. The summed E-state index contributed by atoms with van der Waals surface area (Å²) in [4.78, 5) is 0. The van der Waals surface area contributed by atoms with Gasteiger partial charge in [-0.15, -0.1) is 5.54 Å². The molecule has 0 N–H and O–H groups in total. The fourth-order valence-corrected chi connectivity index (χ4v) is 16.3. The number of benzene rings is 12. The zero-order chi connectivity index (χ0) is 49.2. The molecule has 12 aromatic carbocycles. The number of rotatable bonds is 5. The van der Waals surface area contributed by atoms with Crippen LogP contribution in [0.2, 0.25) is 0 Å². The van der Waals surface area contributed by atoms with Crippen LogP contribution in [0.3, 0.4) is 0 Å². The molecule has 0 atom stereocenters. The van der Waals surface area contributed by atoms with E-state index in [-0.39, 0.29) is 0 Å². The predicted molar refractivity (Wildman–Crippen MR) is 316 cm³/mol. The number of hydrogen-bond donors (Lipinski definition) is 0. The first-order valence-electron chi connectivity index (χ1n) is 25.6. The van der Waals surface area contributed by atoms with Crippen LogP contribution in [0.15, 0.2) is 264 Å². The fraction of sp³-hybridized carbons (Fsp3) is 0. The molecular weight excluding hydrogens is 929 g/mol. The average Bonchev–Trinajstić information content (AvgIpc) is 4.27. The molecule has 0 amide bonds. The van der Waals surface area contributed by atoms with Crippen molar-refractivity contribution in [2.75, 3.05) is 0 Å². The van der Waals surface area contributed by atoms with Gasteiger partial charge in [0.2, 0.25) is 8.07 Å². The van der Waals surface area contributed by atoms with Crippen molar-refractivity contribution in [1.29, 1.82) is 0 Å². The summed E-state index contributed by atoms with van der Waals surface area (Å²) in [6.07, 6.45) is 0. The van der Waals surface area contributed by atoms with Crippen LogP contribution >= 0.6 is 0 Å². The Morgan fingerprint density at radius 1 is 0.280 bits per heavy atom. The number of para-hydroxylation sites is 5. The minimum Gasteiger partial charge on any atom is -0.456 e. The topological polar surface area (TPSA) is 36.1 Å². The Labute approximate surface area is 431 Å². The van der Waals surface area contributed by atoms with E-state index in [4.69, 9.17) is 8.83 Å². The Balaban J connectivity index is 0.994. The van der Waals surface area contributed by atoms with Crippen molar-refractivity contribution < 1.29 is 8.83 Å². The third-order valence-corrected chi connectivity index (χ3v) is 19.9. The summed E-state index contributed by atoms with van der Waals surface area (Å²) in [6, 6.07) is 92.4. The SMILES string of the molecule is C(#C[Si](c1ccccc1)(c1ccc2oc3ccccc3c2c1)c1ccc2oc3ccccc3c2c1)c1c2ccccc2c(-n2c3ccccc3c3ccc(-n4c5ccccc5c5ccccc54)cc32)c2ccccc12. The van der Waals surface area contributed by atoms with Crippen LogP contribution in [-0.4, -0.2) is 17.2 Å². The third kappa shape index (κ3) is 6.06. The zero-order valence-corrected chi connectivity index (χ0v) is 41.5. The molecule has 4 aromatic heterocycles. The number of fused-ring (bicyclic) bond motifs is 14. The summed E-state index contributed by atoms with van der Waals surface area (Å²) in [5.74, 6) is 4.09. The highest BCUT2D eigenvalue weighted by Gasteiger charge is 2.40. The predicted octanol–water partition coefficient (Wildman–Crippen LogP) is 16.0. The molecule has 16 aromatic rings. The summed E-state index contributed by atoms with van der Waals surface area (Å²) >= 11 is 0. The second kappa shape index (κ2) is 16.1. The normalized spacial score (nSPS) is 12.2. The Morgan fingerprint density at radius 2 is 0.693 bits per heavy atom. The van der Waals surface area contributed by atoms with Gasteiger partial charge in [0.15, 0.2) is 0 Å². The van der Waals surface area contributed by atoms with Gasteiger partial charge in [0.25, 0.3) is 0 Å². The van der Waals surface area contributed by atoms with E-state index in [9.17, 15) is 0 Å². The van der Waals surface area contributed by atoms with Gasteiger partial charge in [0.05, 0.1) is 27.8 Å². The van der Waals surface area contributed by atoms with Crippen LogP contribution in [0.1, 0.15) is 5.56 Å². The lowest BCUT2D eigenvalue weighted by atomic mass is 9.95. The number of aromatic nitrogens is 2. The van der Waals surface area contributed by atoms with E-state index in [1.54, 1.807) is 0 Å². The maximum absolute atomic E-state index is 6.47. The summed E-state index contributed by atoms with van der Waals surface area (Å²) in [6.45, 7) is 0. The van der Waals surface area contributed by atoms with Crippen LogP contribution in [-0.2, 0) is 0 Å². The van der Waals surface area contributed by atoms with Crippen LogP contribution < -0.4 is 15.6 Å². The minimum atomic E-state index is -3.30. The molecule has 0 radical (unpaired) electrons. The molecular formula is C70H42N2O2Si. The second-order valence-corrected chi connectivity index (χ2v) is 23.2. The first-order chi connectivity index (χ1) is 37.2. The highest BCUT2D eigenvalue weighted by atomic mass is 28.3. The Morgan fingerprint density at radius 3 is 1.23 bits per heavy atom. The maximum Gasteiger partial charge on any atom is 0.230 e. The first kappa shape index (κ1) is 41.7. The molecule has 5 heteroatoms. The van der Waals surface area contributed by atoms with Gasteiger partial charge in [0, 0.05) is 75.9 Å². The van der Waals surface area contributed by atoms with Crippen molar-refractivity contribution in [1.82, 2.24) is 9.13 Å². The summed E-state index contributed by atoms with van der Waals surface area (Å²) in [5.41, 5.74) is 15.7. The first-order valence-corrected chi connectivity index (χ1v) is 27.6. The molecule has 0 saturated carbocycles. The molecule has 348 valence electrons. The molecule has 0 bridgehead atoms. The van der Waals surface area contributed by atoms with E-state index in [0.29, 0.717) is 0 Å². The van der Waals surface area contributed by atoms with E-state index in [1.807, 2.05) is 12.1 Å². The molecule has 75 heavy (non-hydrogen) atoms. The summed E-state index contributed by atoms with van der Waals surface area (Å²) < 4.78 is 17.9. The van der Waals surface area contributed by atoms with Crippen molar-refractivity contribution in [2.24, 2.45) is 0 Å². The lowest BCUT2D eigenvalue weighted by Crippen LogP contribution is -2.66. The minimum absolute atomic E-state index is 0.861. The summed E-state index contributed by atoms with van der Waals surface area (Å²) in [7, 11) is -3.30. The lowest BCUT2D eigenvalue weighted by molar-refractivity contribution is 0.668. The van der Waals surface area contributed by atoms with E-state index in [2.05, 4.69) is 263 Å². The van der Waals surface area contributed by atoms with Crippen molar-refractivity contribution in [3.8, 4) is 22.8 Å². The van der Waals surface area contributed by atoms with Gasteiger partial charge < -0.3 is 18.0 Å². The highest BCUT2D eigenvalue weighted by Crippen LogP contribution is 2.42. The quantitative estimate of drug-likeness (QED) is 0.0746. The van der Waals surface area contributed by atoms with Crippen LogP contribution in [0, 0.1) is 11.5 Å². The van der Waals surface area contributed by atoms with Gasteiger partial charge >= 0.3 is 0 Å². The fourth-order valence-electron chi connectivity index (χ4n) is 12.5. The van der Waals surface area contributed by atoms with E-state index < -0.39 is 8.07 Å². The molecule has 0 aliphatic carbocycles. The number of nitrogens with zero attached hydrogens (tertiary/aromatic N) is 2. The smallest absolute Gasteiger partial charge is 0.230 e. The van der Waals surface area contributed by atoms with E-state index in [1.165, 1.54) is 48.1 Å². The number of hydrogen-bond acceptors (Lipinski definition) is 2. The van der Waals surface area contributed by atoms with Gasteiger partial charge in [-0.25, -0.2) is 0 Å². The molecule has 0 saturated heterocycles. The zero-order valence-electron chi connectivity index (χ0n) is 40.5. The van der Waals surface area contributed by atoms with Crippen molar-refractivity contribution >= 4 is 133 Å². The molecule has 0 aliphatic heterocycles. The van der Waals surface area contributed by atoms with Gasteiger partial charge in [-0.1, -0.05) is 194 Å². The lowest BCUT2D eigenvalue weighted by Gasteiger charge is -2.28. The molecule has 4 nitrogen and oxygen atoms in total. The van der Waals surface area contributed by atoms with Crippen molar-refractivity contribution in [2.45, 2.75) is 0 Å². The highest BCUT2D eigenvalue weighted by molar-refractivity contribution is 7.17. The monoisotopic (exact) mass is 970 g/mol.